The molecule has 3 heterocycles. The number of ether oxygens (including phenoxy) is 2. The molecule has 0 saturated carbocycles. The minimum Gasteiger partial charge on any atom is -0.477 e. The standard InChI is InChI=1S/C15H21N5O2S/c1-11-17-10-13(23-11)2-5-22-15-9-12(8-14(18-15)19-16)20-3-6-21-7-4-20/h8-10H,2-7,16H2,1H3,(H,18,19). The molecule has 23 heavy (non-hydrogen) atoms. The Hall–Kier alpha value is -1.90. The van der Waals surface area contributed by atoms with E-state index in [-0.39, 0.29) is 0 Å². The number of nitrogens with one attached hydrogen (secondary N) is 1. The fraction of sp³-hybridized carbons (Fsp3) is 0.467. The van der Waals surface area contributed by atoms with Gasteiger partial charge in [-0.05, 0) is 6.92 Å². The molecule has 0 bridgehead atoms. The molecule has 2 aromatic rings. The van der Waals surface area contributed by atoms with Crippen LogP contribution in [0.3, 0.4) is 0 Å². The van der Waals surface area contributed by atoms with Crippen LogP contribution in [0.2, 0.25) is 0 Å². The Labute approximate surface area is 139 Å². The summed E-state index contributed by atoms with van der Waals surface area (Å²) in [5, 5.41) is 1.07. The van der Waals surface area contributed by atoms with Crippen molar-refractivity contribution in [1.29, 1.82) is 0 Å². The number of nitrogens with zero attached hydrogens (tertiary/aromatic N) is 3. The molecule has 0 spiro atoms. The van der Waals surface area contributed by atoms with Gasteiger partial charge in [-0.2, -0.15) is 4.98 Å². The summed E-state index contributed by atoms with van der Waals surface area (Å²) >= 11 is 1.69. The zero-order valence-corrected chi connectivity index (χ0v) is 13.9. The predicted octanol–water partition coefficient (Wildman–Crippen LogP) is 1.59. The van der Waals surface area contributed by atoms with E-state index in [0.717, 1.165) is 43.4 Å². The number of hydrazine groups is 1. The predicted molar refractivity (Wildman–Crippen MR) is 91.1 cm³/mol. The van der Waals surface area contributed by atoms with E-state index in [1.807, 2.05) is 25.3 Å². The van der Waals surface area contributed by atoms with Crippen molar-refractivity contribution >= 4 is 22.8 Å². The number of anilines is 2. The third-order valence-corrected chi connectivity index (χ3v) is 4.55. The van der Waals surface area contributed by atoms with Crippen molar-refractivity contribution in [2.45, 2.75) is 13.3 Å². The maximum Gasteiger partial charge on any atom is 0.217 e. The van der Waals surface area contributed by atoms with Crippen LogP contribution in [0, 0.1) is 6.92 Å². The molecular formula is C15H21N5O2S. The van der Waals surface area contributed by atoms with Gasteiger partial charge in [0.05, 0.1) is 24.8 Å². The zero-order valence-electron chi connectivity index (χ0n) is 13.1. The van der Waals surface area contributed by atoms with Crippen LogP contribution in [0.15, 0.2) is 18.3 Å². The first kappa shape index (κ1) is 16.0. The molecule has 1 saturated heterocycles. The number of aromatic nitrogens is 2. The number of pyridine rings is 1. The van der Waals surface area contributed by atoms with Crippen LogP contribution >= 0.6 is 11.3 Å². The molecule has 0 atom stereocenters. The molecule has 0 amide bonds. The second-order valence-electron chi connectivity index (χ2n) is 5.24. The summed E-state index contributed by atoms with van der Waals surface area (Å²) in [4.78, 5) is 12.1. The van der Waals surface area contributed by atoms with Crippen LogP contribution < -0.4 is 20.9 Å². The summed E-state index contributed by atoms with van der Waals surface area (Å²) < 4.78 is 11.2. The Kier molecular flexibility index (Phi) is 5.27. The number of morpholine rings is 1. The van der Waals surface area contributed by atoms with E-state index in [2.05, 4.69) is 20.3 Å². The largest absolute Gasteiger partial charge is 0.477 e. The lowest BCUT2D eigenvalue weighted by Crippen LogP contribution is -2.36. The van der Waals surface area contributed by atoms with Gasteiger partial charge in [-0.15, -0.1) is 11.3 Å². The summed E-state index contributed by atoms with van der Waals surface area (Å²) in [5.74, 6) is 6.69. The van der Waals surface area contributed by atoms with Crippen LogP contribution in [0.5, 0.6) is 5.88 Å². The number of nitrogen functional groups attached to an aromatic ring is 1. The van der Waals surface area contributed by atoms with Crippen molar-refractivity contribution in [3.8, 4) is 5.88 Å². The molecule has 0 aliphatic carbocycles. The summed E-state index contributed by atoms with van der Waals surface area (Å²) in [6.07, 6.45) is 2.72. The lowest BCUT2D eigenvalue weighted by atomic mass is 10.3. The SMILES string of the molecule is Cc1ncc(CCOc2cc(N3CCOCC3)cc(NN)n2)s1. The van der Waals surface area contributed by atoms with E-state index < -0.39 is 0 Å². The third-order valence-electron chi connectivity index (χ3n) is 3.58. The summed E-state index contributed by atoms with van der Waals surface area (Å²) in [5.41, 5.74) is 3.64. The van der Waals surface area contributed by atoms with Crippen molar-refractivity contribution in [2.24, 2.45) is 5.84 Å². The van der Waals surface area contributed by atoms with E-state index in [1.54, 1.807) is 11.3 Å². The van der Waals surface area contributed by atoms with Gasteiger partial charge in [0.2, 0.25) is 5.88 Å². The van der Waals surface area contributed by atoms with Gasteiger partial charge < -0.3 is 19.8 Å². The Morgan fingerprint density at radius 3 is 2.91 bits per heavy atom. The normalized spacial score (nSPS) is 14.8. The van der Waals surface area contributed by atoms with Gasteiger partial charge in [-0.25, -0.2) is 10.8 Å². The molecule has 124 valence electrons. The van der Waals surface area contributed by atoms with Crippen LogP contribution in [0.25, 0.3) is 0 Å². The maximum absolute atomic E-state index is 5.81. The molecular weight excluding hydrogens is 314 g/mol. The van der Waals surface area contributed by atoms with Gasteiger partial charge in [-0.3, -0.25) is 0 Å². The fourth-order valence-electron chi connectivity index (χ4n) is 2.42. The number of nitrogens with two attached hydrogens (primary N) is 1. The van der Waals surface area contributed by atoms with Gasteiger partial charge in [-0.1, -0.05) is 0 Å². The van der Waals surface area contributed by atoms with Crippen molar-refractivity contribution in [3.05, 3.63) is 28.2 Å². The summed E-state index contributed by atoms with van der Waals surface area (Å²) in [6.45, 7) is 5.73. The Morgan fingerprint density at radius 2 is 2.22 bits per heavy atom. The monoisotopic (exact) mass is 335 g/mol. The molecule has 1 fully saturated rings. The van der Waals surface area contributed by atoms with Crippen molar-refractivity contribution in [1.82, 2.24) is 9.97 Å². The topological polar surface area (TPSA) is 85.5 Å². The van der Waals surface area contributed by atoms with Gasteiger partial charge in [0, 0.05) is 48.4 Å². The summed E-state index contributed by atoms with van der Waals surface area (Å²) in [6, 6.07) is 3.87. The maximum atomic E-state index is 5.81. The fourth-order valence-corrected chi connectivity index (χ4v) is 3.20. The second-order valence-corrected chi connectivity index (χ2v) is 6.56. The molecule has 1 aliphatic heterocycles. The lowest BCUT2D eigenvalue weighted by Gasteiger charge is -2.29. The smallest absolute Gasteiger partial charge is 0.217 e. The number of rotatable bonds is 6. The van der Waals surface area contributed by atoms with E-state index >= 15 is 0 Å². The average molecular weight is 335 g/mol. The molecule has 0 aromatic carbocycles. The molecule has 0 unspecified atom stereocenters. The second kappa shape index (κ2) is 7.58. The van der Waals surface area contributed by atoms with Crippen LogP contribution in [0.1, 0.15) is 9.88 Å². The van der Waals surface area contributed by atoms with Gasteiger partial charge in [0.15, 0.2) is 0 Å². The lowest BCUT2D eigenvalue weighted by molar-refractivity contribution is 0.122. The highest BCUT2D eigenvalue weighted by Crippen LogP contribution is 2.24. The molecule has 3 N–H and O–H groups in total. The highest BCUT2D eigenvalue weighted by molar-refractivity contribution is 7.11. The number of thiazole rings is 1. The first-order valence-electron chi connectivity index (χ1n) is 7.60. The van der Waals surface area contributed by atoms with Gasteiger partial charge in [0.25, 0.3) is 0 Å². The Morgan fingerprint density at radius 1 is 1.39 bits per heavy atom. The minimum absolute atomic E-state index is 0.561. The zero-order chi connectivity index (χ0) is 16.1. The van der Waals surface area contributed by atoms with Crippen LogP contribution in [0.4, 0.5) is 11.5 Å². The average Bonchev–Trinajstić information content (AvgIpc) is 3.00. The molecule has 3 rings (SSSR count). The number of hydrogen-bond acceptors (Lipinski definition) is 8. The quantitative estimate of drug-likeness (QED) is 0.612. The first-order chi connectivity index (χ1) is 11.2. The molecule has 7 nitrogen and oxygen atoms in total. The first-order valence-corrected chi connectivity index (χ1v) is 8.42. The molecule has 1 aliphatic rings. The minimum atomic E-state index is 0.561. The van der Waals surface area contributed by atoms with E-state index in [0.29, 0.717) is 18.3 Å². The Balaban J connectivity index is 1.65. The van der Waals surface area contributed by atoms with Gasteiger partial charge in [0.1, 0.15) is 5.82 Å². The van der Waals surface area contributed by atoms with Crippen LogP contribution in [-0.4, -0.2) is 42.9 Å². The molecule has 2 aromatic heterocycles. The number of aryl methyl sites for hydroxylation is 1. The Bertz CT molecular complexity index is 643. The summed E-state index contributed by atoms with van der Waals surface area (Å²) in [7, 11) is 0. The van der Waals surface area contributed by atoms with Crippen molar-refractivity contribution < 1.29 is 9.47 Å². The highest BCUT2D eigenvalue weighted by Gasteiger charge is 2.14. The van der Waals surface area contributed by atoms with Crippen LogP contribution in [-0.2, 0) is 11.2 Å². The van der Waals surface area contributed by atoms with E-state index in [9.17, 15) is 0 Å². The third kappa shape index (κ3) is 4.31. The van der Waals surface area contributed by atoms with E-state index in [4.69, 9.17) is 15.3 Å². The highest BCUT2D eigenvalue weighted by atomic mass is 32.1. The van der Waals surface area contributed by atoms with E-state index in [1.165, 1.54) is 4.88 Å². The van der Waals surface area contributed by atoms with Crippen molar-refractivity contribution in [2.75, 3.05) is 43.2 Å². The molecule has 0 radical (unpaired) electrons. The van der Waals surface area contributed by atoms with Gasteiger partial charge >= 0.3 is 0 Å². The number of hydrogen-bond donors (Lipinski definition) is 2. The molecule has 8 heteroatoms. The van der Waals surface area contributed by atoms with Crippen molar-refractivity contribution in [3.63, 3.8) is 0 Å².